The first-order valence-electron chi connectivity index (χ1n) is 5.39. The molecule has 0 aromatic carbocycles. The summed E-state index contributed by atoms with van der Waals surface area (Å²) in [5.41, 5.74) is 1.67. The molecule has 0 saturated heterocycles. The highest BCUT2D eigenvalue weighted by molar-refractivity contribution is 6.08. The van der Waals surface area contributed by atoms with Crippen LogP contribution in [0.5, 0.6) is 0 Å². The Labute approximate surface area is 89.8 Å². The van der Waals surface area contributed by atoms with Gasteiger partial charge in [0.05, 0.1) is 11.8 Å². The number of aromatic nitrogens is 2. The summed E-state index contributed by atoms with van der Waals surface area (Å²) in [4.78, 5) is 12.0. The van der Waals surface area contributed by atoms with E-state index in [-0.39, 0.29) is 5.78 Å². The van der Waals surface area contributed by atoms with Crippen molar-refractivity contribution in [3.63, 3.8) is 0 Å². The van der Waals surface area contributed by atoms with Crippen molar-refractivity contribution in [2.45, 2.75) is 26.2 Å². The SMILES string of the molecule is CC1CC=C(C(=O)c2cnn(C)c2)CC1. The fourth-order valence-electron chi connectivity index (χ4n) is 1.90. The van der Waals surface area contributed by atoms with Crippen LogP contribution in [0.2, 0.25) is 0 Å². The fourth-order valence-corrected chi connectivity index (χ4v) is 1.90. The van der Waals surface area contributed by atoms with Crippen molar-refractivity contribution < 1.29 is 4.79 Å². The van der Waals surface area contributed by atoms with Crippen LogP contribution in [0, 0.1) is 5.92 Å². The minimum atomic E-state index is 0.148. The van der Waals surface area contributed by atoms with Gasteiger partial charge in [0, 0.05) is 13.2 Å². The molecule has 2 rings (SSSR count). The maximum atomic E-state index is 12.0. The second-order valence-corrected chi connectivity index (χ2v) is 4.34. The first kappa shape index (κ1) is 10.1. The maximum Gasteiger partial charge on any atom is 0.191 e. The van der Waals surface area contributed by atoms with Crippen molar-refractivity contribution in [2.24, 2.45) is 13.0 Å². The van der Waals surface area contributed by atoms with Gasteiger partial charge in [0.2, 0.25) is 0 Å². The Morgan fingerprint density at radius 1 is 1.60 bits per heavy atom. The Morgan fingerprint density at radius 3 is 2.93 bits per heavy atom. The van der Waals surface area contributed by atoms with E-state index in [0.29, 0.717) is 5.56 Å². The highest BCUT2D eigenvalue weighted by Crippen LogP contribution is 2.25. The minimum absolute atomic E-state index is 0.148. The molecule has 1 aliphatic rings. The molecule has 3 nitrogen and oxygen atoms in total. The summed E-state index contributed by atoms with van der Waals surface area (Å²) in [6, 6.07) is 0. The van der Waals surface area contributed by atoms with E-state index in [1.165, 1.54) is 0 Å². The van der Waals surface area contributed by atoms with Crippen LogP contribution in [0.1, 0.15) is 36.5 Å². The molecule has 1 aliphatic carbocycles. The fraction of sp³-hybridized carbons (Fsp3) is 0.500. The van der Waals surface area contributed by atoms with Gasteiger partial charge in [0.15, 0.2) is 5.78 Å². The zero-order valence-corrected chi connectivity index (χ0v) is 9.23. The predicted octanol–water partition coefficient (Wildman–Crippen LogP) is 2.35. The highest BCUT2D eigenvalue weighted by atomic mass is 16.1. The van der Waals surface area contributed by atoms with E-state index in [0.717, 1.165) is 30.8 Å². The Hall–Kier alpha value is -1.38. The van der Waals surface area contributed by atoms with Crippen molar-refractivity contribution in [1.82, 2.24) is 9.78 Å². The summed E-state index contributed by atoms with van der Waals surface area (Å²) in [6.45, 7) is 2.22. The van der Waals surface area contributed by atoms with Gasteiger partial charge in [-0.15, -0.1) is 0 Å². The summed E-state index contributed by atoms with van der Waals surface area (Å²) < 4.78 is 1.67. The number of hydrogen-bond donors (Lipinski definition) is 0. The molecular weight excluding hydrogens is 188 g/mol. The molecule has 1 aromatic heterocycles. The molecule has 80 valence electrons. The van der Waals surface area contributed by atoms with Crippen molar-refractivity contribution in [1.29, 1.82) is 0 Å². The van der Waals surface area contributed by atoms with E-state index >= 15 is 0 Å². The van der Waals surface area contributed by atoms with Gasteiger partial charge in [-0.1, -0.05) is 13.0 Å². The number of rotatable bonds is 2. The summed E-state index contributed by atoms with van der Waals surface area (Å²) >= 11 is 0. The van der Waals surface area contributed by atoms with Crippen molar-refractivity contribution in [3.8, 4) is 0 Å². The third kappa shape index (κ3) is 2.17. The monoisotopic (exact) mass is 204 g/mol. The second-order valence-electron chi connectivity index (χ2n) is 4.34. The maximum absolute atomic E-state index is 12.0. The van der Waals surface area contributed by atoms with Gasteiger partial charge < -0.3 is 0 Å². The van der Waals surface area contributed by atoms with E-state index in [2.05, 4.69) is 18.1 Å². The summed E-state index contributed by atoms with van der Waals surface area (Å²) in [5, 5.41) is 4.02. The Bertz CT molecular complexity index is 404. The Balaban J connectivity index is 2.15. The zero-order valence-electron chi connectivity index (χ0n) is 9.23. The number of Topliss-reactive ketones (excluding diaryl/α,β-unsaturated/α-hetero) is 1. The molecule has 1 atom stereocenters. The molecule has 0 radical (unpaired) electrons. The van der Waals surface area contributed by atoms with Crippen LogP contribution in [-0.2, 0) is 7.05 Å². The van der Waals surface area contributed by atoms with Crippen LogP contribution in [0.15, 0.2) is 24.0 Å². The number of carbonyl (C=O) groups is 1. The number of allylic oxidation sites excluding steroid dienone is 2. The number of ketones is 1. The lowest BCUT2D eigenvalue weighted by molar-refractivity contribution is 0.102. The highest BCUT2D eigenvalue weighted by Gasteiger charge is 2.18. The van der Waals surface area contributed by atoms with Gasteiger partial charge in [-0.3, -0.25) is 9.48 Å². The molecule has 0 fully saturated rings. The molecule has 1 heterocycles. The van der Waals surface area contributed by atoms with Crippen LogP contribution >= 0.6 is 0 Å². The molecule has 0 bridgehead atoms. The molecule has 0 N–H and O–H groups in total. The Morgan fingerprint density at radius 2 is 2.40 bits per heavy atom. The number of nitrogens with zero attached hydrogens (tertiary/aromatic N) is 2. The quantitative estimate of drug-likeness (QED) is 0.693. The smallest absolute Gasteiger partial charge is 0.191 e. The predicted molar refractivity (Wildman–Crippen MR) is 58.6 cm³/mol. The van der Waals surface area contributed by atoms with Crippen LogP contribution in [0.25, 0.3) is 0 Å². The lowest BCUT2D eigenvalue weighted by Gasteiger charge is -2.16. The number of carbonyl (C=O) groups excluding carboxylic acids is 1. The third-order valence-corrected chi connectivity index (χ3v) is 2.93. The summed E-state index contributed by atoms with van der Waals surface area (Å²) in [5.74, 6) is 0.866. The second kappa shape index (κ2) is 4.01. The molecule has 1 unspecified atom stereocenters. The van der Waals surface area contributed by atoms with E-state index in [1.807, 2.05) is 7.05 Å². The van der Waals surface area contributed by atoms with Crippen LogP contribution < -0.4 is 0 Å². The van der Waals surface area contributed by atoms with Crippen LogP contribution in [-0.4, -0.2) is 15.6 Å². The molecule has 0 amide bonds. The number of aryl methyl sites for hydroxylation is 1. The van der Waals surface area contributed by atoms with Crippen molar-refractivity contribution in [2.75, 3.05) is 0 Å². The van der Waals surface area contributed by atoms with Crippen LogP contribution in [0.4, 0.5) is 0 Å². The van der Waals surface area contributed by atoms with E-state index in [4.69, 9.17) is 0 Å². The molecule has 0 aliphatic heterocycles. The molecule has 3 heteroatoms. The van der Waals surface area contributed by atoms with Gasteiger partial charge in [-0.2, -0.15) is 5.10 Å². The zero-order chi connectivity index (χ0) is 10.8. The van der Waals surface area contributed by atoms with Gasteiger partial charge in [-0.05, 0) is 30.8 Å². The molecule has 0 saturated carbocycles. The minimum Gasteiger partial charge on any atom is -0.289 e. The topological polar surface area (TPSA) is 34.9 Å². The average Bonchev–Trinajstić information content (AvgIpc) is 2.65. The van der Waals surface area contributed by atoms with Crippen molar-refractivity contribution in [3.05, 3.63) is 29.6 Å². The van der Waals surface area contributed by atoms with Gasteiger partial charge >= 0.3 is 0 Å². The van der Waals surface area contributed by atoms with E-state index < -0.39 is 0 Å². The first-order chi connectivity index (χ1) is 7.16. The molecule has 15 heavy (non-hydrogen) atoms. The standard InChI is InChI=1S/C12H16N2O/c1-9-3-5-10(6-4-9)12(15)11-7-13-14(2)8-11/h5,7-9H,3-4,6H2,1-2H3. The van der Waals surface area contributed by atoms with E-state index in [1.54, 1.807) is 17.1 Å². The summed E-state index contributed by atoms with van der Waals surface area (Å²) in [6.07, 6.45) is 8.57. The lowest BCUT2D eigenvalue weighted by atomic mass is 9.88. The molecule has 0 spiro atoms. The van der Waals surface area contributed by atoms with Gasteiger partial charge in [0.1, 0.15) is 0 Å². The number of hydrogen-bond acceptors (Lipinski definition) is 2. The normalized spacial score (nSPS) is 21.2. The lowest BCUT2D eigenvalue weighted by Crippen LogP contribution is -2.09. The largest absolute Gasteiger partial charge is 0.289 e. The first-order valence-corrected chi connectivity index (χ1v) is 5.39. The summed E-state index contributed by atoms with van der Waals surface area (Å²) in [7, 11) is 1.83. The van der Waals surface area contributed by atoms with Crippen LogP contribution in [0.3, 0.4) is 0 Å². The van der Waals surface area contributed by atoms with E-state index in [9.17, 15) is 4.79 Å². The third-order valence-electron chi connectivity index (χ3n) is 2.93. The molecule has 1 aromatic rings. The Kier molecular flexibility index (Phi) is 2.71. The van der Waals surface area contributed by atoms with Crippen molar-refractivity contribution >= 4 is 5.78 Å². The van der Waals surface area contributed by atoms with Gasteiger partial charge in [-0.25, -0.2) is 0 Å². The average molecular weight is 204 g/mol. The molecular formula is C12H16N2O. The van der Waals surface area contributed by atoms with Gasteiger partial charge in [0.25, 0.3) is 0 Å².